The summed E-state index contributed by atoms with van der Waals surface area (Å²) in [5.74, 6) is -0.211. The largest absolute Gasteiger partial charge is 0.508 e. The van der Waals surface area contributed by atoms with Gasteiger partial charge >= 0.3 is 0 Å². The zero-order valence-corrected chi connectivity index (χ0v) is 15.8. The summed E-state index contributed by atoms with van der Waals surface area (Å²) in [5, 5.41) is 18.0. The van der Waals surface area contributed by atoms with Gasteiger partial charge in [0.2, 0.25) is 5.91 Å². The summed E-state index contributed by atoms with van der Waals surface area (Å²) >= 11 is 6.39. The minimum atomic E-state index is -0.280. The lowest BCUT2D eigenvalue weighted by Gasteiger charge is -2.23. The minimum absolute atomic E-state index is 0.0781. The summed E-state index contributed by atoms with van der Waals surface area (Å²) in [7, 11) is 1.71. The smallest absolute Gasteiger partial charge is 0.223 e. The lowest BCUT2D eigenvalue weighted by molar-refractivity contribution is -0.130. The number of hydrogen-bond acceptors (Lipinski definition) is 5. The Bertz CT molecular complexity index is 941. The van der Waals surface area contributed by atoms with Gasteiger partial charge in [-0.2, -0.15) is 0 Å². The fourth-order valence-corrected chi connectivity index (χ4v) is 3.21. The molecule has 3 rings (SSSR count). The number of hydrogen-bond donors (Lipinski definition) is 1. The Hall–Kier alpha value is -2.86. The Morgan fingerprint density at radius 2 is 2.00 bits per heavy atom. The molecule has 2 aromatic carbocycles. The van der Waals surface area contributed by atoms with Gasteiger partial charge in [-0.3, -0.25) is 4.79 Å². The van der Waals surface area contributed by atoms with E-state index in [1.165, 1.54) is 0 Å². The quantitative estimate of drug-likeness (QED) is 0.695. The van der Waals surface area contributed by atoms with Crippen LogP contribution in [-0.2, 0) is 11.3 Å². The van der Waals surface area contributed by atoms with Crippen LogP contribution in [0.15, 0.2) is 53.2 Å². The van der Waals surface area contributed by atoms with Gasteiger partial charge in [0.1, 0.15) is 17.1 Å². The molecule has 0 radical (unpaired) electrons. The number of benzene rings is 2. The Morgan fingerprint density at radius 1 is 1.22 bits per heavy atom. The molecule has 0 fully saturated rings. The van der Waals surface area contributed by atoms with Gasteiger partial charge in [-0.25, -0.2) is 4.63 Å². The second-order valence-corrected chi connectivity index (χ2v) is 6.83. The van der Waals surface area contributed by atoms with Crippen molar-refractivity contribution < 1.29 is 14.5 Å². The number of phenolic OH excluding ortho intramolecular Hbond substituents is 1. The fourth-order valence-electron chi connectivity index (χ4n) is 2.94. The lowest BCUT2D eigenvalue weighted by atomic mass is 9.88. The van der Waals surface area contributed by atoms with Crippen molar-refractivity contribution in [3.63, 3.8) is 0 Å². The Labute approximate surface area is 162 Å². The molecule has 6 nitrogen and oxygen atoms in total. The molecule has 27 heavy (non-hydrogen) atoms. The number of phenols is 1. The molecular formula is C20H20ClN3O3. The zero-order chi connectivity index (χ0) is 19.4. The van der Waals surface area contributed by atoms with E-state index in [1.807, 2.05) is 24.3 Å². The molecule has 0 saturated carbocycles. The van der Waals surface area contributed by atoms with Crippen LogP contribution in [0.3, 0.4) is 0 Å². The molecule has 0 aliphatic rings. The zero-order valence-electron chi connectivity index (χ0n) is 15.1. The van der Waals surface area contributed by atoms with Gasteiger partial charge in [0, 0.05) is 24.4 Å². The molecule has 0 aliphatic carbocycles. The topological polar surface area (TPSA) is 79.5 Å². The number of nitrogens with zero attached hydrogens (tertiary/aromatic N) is 3. The van der Waals surface area contributed by atoms with Crippen molar-refractivity contribution in [1.29, 1.82) is 0 Å². The van der Waals surface area contributed by atoms with Gasteiger partial charge < -0.3 is 10.0 Å². The third-order valence-electron chi connectivity index (χ3n) is 4.49. The maximum absolute atomic E-state index is 12.9. The van der Waals surface area contributed by atoms with Gasteiger partial charge in [0.25, 0.3) is 0 Å². The number of carbonyl (C=O) groups excluding carboxylic acids is 1. The lowest BCUT2D eigenvalue weighted by Crippen LogP contribution is -2.28. The summed E-state index contributed by atoms with van der Waals surface area (Å²) < 4.78 is 4.69. The number of aromatic nitrogens is 2. The molecule has 1 N–H and O–H groups in total. The average Bonchev–Trinajstić information content (AvgIpc) is 3.05. The Kier molecular flexibility index (Phi) is 5.76. The predicted octanol–water partition coefficient (Wildman–Crippen LogP) is 3.92. The van der Waals surface area contributed by atoms with Gasteiger partial charge in [-0.15, -0.1) is 0 Å². The van der Waals surface area contributed by atoms with Crippen LogP contribution >= 0.6 is 11.6 Å². The molecule has 0 saturated heterocycles. The number of halogens is 1. The first-order chi connectivity index (χ1) is 13.0. The fraction of sp³-hybridized carbons (Fsp3) is 0.250. The van der Waals surface area contributed by atoms with Gasteiger partial charge in [0.05, 0.1) is 6.54 Å². The van der Waals surface area contributed by atoms with Gasteiger partial charge in [-0.1, -0.05) is 52.2 Å². The van der Waals surface area contributed by atoms with Crippen LogP contribution in [0.1, 0.15) is 34.9 Å². The standard InChI is InChI=1S/C20H20ClN3O3/c1-13-19(23-27-22-13)12-24(2)20(26)11-17(14-6-5-7-15(25)10-14)16-8-3-4-9-18(16)21/h3-10,17,25H,11-12H2,1-2H3. The first kappa shape index (κ1) is 18.9. The highest BCUT2D eigenvalue weighted by molar-refractivity contribution is 6.31. The van der Waals surface area contributed by atoms with Crippen molar-refractivity contribution in [2.24, 2.45) is 0 Å². The molecule has 0 aliphatic heterocycles. The molecule has 0 spiro atoms. The summed E-state index contributed by atoms with van der Waals surface area (Å²) in [6.45, 7) is 2.09. The number of aromatic hydroxyl groups is 1. The summed E-state index contributed by atoms with van der Waals surface area (Å²) in [5.41, 5.74) is 2.94. The monoisotopic (exact) mass is 385 g/mol. The first-order valence-corrected chi connectivity index (χ1v) is 8.89. The third-order valence-corrected chi connectivity index (χ3v) is 4.84. The van der Waals surface area contributed by atoms with Crippen LogP contribution in [0.2, 0.25) is 5.02 Å². The summed E-state index contributed by atoms with van der Waals surface area (Å²) in [4.78, 5) is 14.5. The molecule has 1 atom stereocenters. The van der Waals surface area contributed by atoms with E-state index in [0.29, 0.717) is 23.0 Å². The molecule has 7 heteroatoms. The molecule has 1 unspecified atom stereocenters. The highest BCUT2D eigenvalue weighted by Crippen LogP contribution is 2.34. The average molecular weight is 386 g/mol. The first-order valence-electron chi connectivity index (χ1n) is 8.51. The second-order valence-electron chi connectivity index (χ2n) is 6.42. The highest BCUT2D eigenvalue weighted by atomic mass is 35.5. The summed E-state index contributed by atoms with van der Waals surface area (Å²) in [6.07, 6.45) is 0.202. The van der Waals surface area contributed by atoms with E-state index in [4.69, 9.17) is 16.2 Å². The summed E-state index contributed by atoms with van der Waals surface area (Å²) in [6, 6.07) is 14.3. The van der Waals surface area contributed by atoms with Crippen LogP contribution in [0.25, 0.3) is 0 Å². The van der Waals surface area contributed by atoms with Crippen molar-refractivity contribution in [3.8, 4) is 5.75 Å². The Balaban J connectivity index is 1.86. The molecule has 1 aromatic heterocycles. The maximum Gasteiger partial charge on any atom is 0.223 e. The van der Waals surface area contributed by atoms with Crippen LogP contribution in [-0.4, -0.2) is 33.3 Å². The van der Waals surface area contributed by atoms with Crippen molar-refractivity contribution in [2.45, 2.75) is 25.8 Å². The highest BCUT2D eigenvalue weighted by Gasteiger charge is 2.23. The predicted molar refractivity (Wildman–Crippen MR) is 102 cm³/mol. The van der Waals surface area contributed by atoms with E-state index < -0.39 is 0 Å². The number of aryl methyl sites for hydroxylation is 1. The number of amides is 1. The molecule has 3 aromatic rings. The van der Waals surface area contributed by atoms with Crippen LogP contribution < -0.4 is 0 Å². The minimum Gasteiger partial charge on any atom is -0.508 e. The second kappa shape index (κ2) is 8.22. The number of carbonyl (C=O) groups is 1. The van der Waals surface area contributed by atoms with E-state index in [2.05, 4.69) is 10.3 Å². The molecule has 1 amide bonds. The van der Waals surface area contributed by atoms with Gasteiger partial charge in [-0.05, 0) is 36.2 Å². The van der Waals surface area contributed by atoms with E-state index in [1.54, 1.807) is 43.1 Å². The maximum atomic E-state index is 12.9. The van der Waals surface area contributed by atoms with Crippen molar-refractivity contribution in [2.75, 3.05) is 7.05 Å². The Morgan fingerprint density at radius 3 is 2.67 bits per heavy atom. The van der Waals surface area contributed by atoms with Crippen LogP contribution in [0.5, 0.6) is 5.75 Å². The van der Waals surface area contributed by atoms with Crippen LogP contribution in [0, 0.1) is 6.92 Å². The van der Waals surface area contributed by atoms with Crippen molar-refractivity contribution in [1.82, 2.24) is 15.2 Å². The molecule has 1 heterocycles. The van der Waals surface area contributed by atoms with E-state index >= 15 is 0 Å². The number of rotatable bonds is 6. The van der Waals surface area contributed by atoms with E-state index in [9.17, 15) is 9.90 Å². The SMILES string of the molecule is Cc1nonc1CN(C)C(=O)CC(c1cccc(O)c1)c1ccccc1Cl. The molecule has 140 valence electrons. The van der Waals surface area contributed by atoms with E-state index in [0.717, 1.165) is 11.1 Å². The third kappa shape index (κ3) is 4.46. The molecular weight excluding hydrogens is 366 g/mol. The van der Waals surface area contributed by atoms with Gasteiger partial charge in [0.15, 0.2) is 0 Å². The normalized spacial score (nSPS) is 12.0. The van der Waals surface area contributed by atoms with Crippen molar-refractivity contribution in [3.05, 3.63) is 76.1 Å². The van der Waals surface area contributed by atoms with Crippen LogP contribution in [0.4, 0.5) is 0 Å². The van der Waals surface area contributed by atoms with Crippen molar-refractivity contribution >= 4 is 17.5 Å². The van der Waals surface area contributed by atoms with E-state index in [-0.39, 0.29) is 24.0 Å². The molecule has 0 bridgehead atoms.